The van der Waals surface area contributed by atoms with E-state index in [2.05, 4.69) is 47.6 Å². The Kier molecular flexibility index (Phi) is 5.00. The summed E-state index contributed by atoms with van der Waals surface area (Å²) in [6.07, 6.45) is 12.0. The molecule has 1 N–H and O–H groups in total. The van der Waals surface area contributed by atoms with Gasteiger partial charge in [0, 0.05) is 17.3 Å². The van der Waals surface area contributed by atoms with Gasteiger partial charge in [0.1, 0.15) is 0 Å². The average Bonchev–Trinajstić information content (AvgIpc) is 2.82. The van der Waals surface area contributed by atoms with Gasteiger partial charge in [-0.1, -0.05) is 53.2 Å². The highest BCUT2D eigenvalue weighted by atomic mass is 16.6. The third-order valence-electron chi connectivity index (χ3n) is 14.0. The van der Waals surface area contributed by atoms with E-state index in [1.54, 1.807) is 12.7 Å². The Bertz CT molecular complexity index is 957. The molecule has 7 aliphatic rings. The van der Waals surface area contributed by atoms with Crippen LogP contribution in [0.2, 0.25) is 0 Å². The molecule has 10 atom stereocenters. The van der Waals surface area contributed by atoms with Crippen molar-refractivity contribution in [2.45, 2.75) is 105 Å². The second kappa shape index (κ2) is 7.16. The molecule has 0 radical (unpaired) electrons. The smallest absolute Gasteiger partial charge is 0.312 e. The molecule has 4 saturated carbocycles. The summed E-state index contributed by atoms with van der Waals surface area (Å²) >= 11 is 0. The number of carbonyl (C=O) groups is 1. The zero-order valence-corrected chi connectivity index (χ0v) is 23.2. The van der Waals surface area contributed by atoms with Crippen LogP contribution in [0.15, 0.2) is 11.6 Å². The molecule has 4 nitrogen and oxygen atoms in total. The molecule has 196 valence electrons. The maximum atomic E-state index is 13.4. The van der Waals surface area contributed by atoms with Crippen molar-refractivity contribution in [3.8, 4) is 0 Å². The van der Waals surface area contributed by atoms with Gasteiger partial charge in [0.05, 0.1) is 19.1 Å². The standard InChI is InChI=1S/C31H48O4/c1-19-10-13-29(25(32)34-7)15-14-27(5)21(24(29)20(19)2)8-9-23-28(27,6)12-11-22-26(3,4)31(33)17-16-30(22,23)18-35-31/h8,19-20,22-24,33H,9-18H2,1-7H3. The molecule has 0 aromatic carbocycles. The zero-order chi connectivity index (χ0) is 25.2. The van der Waals surface area contributed by atoms with Crippen LogP contribution in [0.1, 0.15) is 99.3 Å². The summed E-state index contributed by atoms with van der Waals surface area (Å²) in [4.78, 5) is 13.4. The molecular formula is C31H48O4. The van der Waals surface area contributed by atoms with E-state index in [9.17, 15) is 9.90 Å². The normalized spacial score (nSPS) is 56.1. The summed E-state index contributed by atoms with van der Waals surface area (Å²) in [6.45, 7) is 15.2. The van der Waals surface area contributed by atoms with Gasteiger partial charge in [-0.3, -0.25) is 4.79 Å². The topological polar surface area (TPSA) is 55.8 Å². The van der Waals surface area contributed by atoms with Gasteiger partial charge in [0.25, 0.3) is 0 Å². The number of esters is 1. The molecule has 7 rings (SSSR count). The van der Waals surface area contributed by atoms with E-state index in [4.69, 9.17) is 9.47 Å². The van der Waals surface area contributed by atoms with Crippen molar-refractivity contribution in [3.63, 3.8) is 0 Å². The predicted molar refractivity (Wildman–Crippen MR) is 136 cm³/mol. The van der Waals surface area contributed by atoms with Crippen LogP contribution >= 0.6 is 0 Å². The molecule has 4 heteroatoms. The third-order valence-corrected chi connectivity index (χ3v) is 14.0. The Morgan fingerprint density at radius 2 is 1.74 bits per heavy atom. The number of ether oxygens (including phenoxy) is 2. The van der Waals surface area contributed by atoms with E-state index < -0.39 is 5.79 Å². The third kappa shape index (κ3) is 2.60. The van der Waals surface area contributed by atoms with Crippen molar-refractivity contribution in [1.82, 2.24) is 0 Å². The first-order chi connectivity index (χ1) is 16.3. The second-order valence-electron chi connectivity index (χ2n) is 14.8. The summed E-state index contributed by atoms with van der Waals surface area (Å²) < 4.78 is 11.9. The highest BCUT2D eigenvalue weighted by Crippen LogP contribution is 2.77. The molecule has 35 heavy (non-hydrogen) atoms. The van der Waals surface area contributed by atoms with Crippen molar-refractivity contribution in [3.05, 3.63) is 11.6 Å². The molecule has 2 aliphatic heterocycles. The van der Waals surface area contributed by atoms with Crippen LogP contribution in [0.4, 0.5) is 0 Å². The zero-order valence-electron chi connectivity index (χ0n) is 23.2. The number of hydrogen-bond donors (Lipinski definition) is 1. The van der Waals surface area contributed by atoms with Gasteiger partial charge in [-0.15, -0.1) is 0 Å². The molecule has 10 unspecified atom stereocenters. The van der Waals surface area contributed by atoms with Gasteiger partial charge < -0.3 is 14.6 Å². The van der Waals surface area contributed by atoms with E-state index in [0.29, 0.717) is 36.2 Å². The fourth-order valence-corrected chi connectivity index (χ4v) is 11.5. The predicted octanol–water partition coefficient (Wildman–Crippen LogP) is 6.52. The Morgan fingerprint density at radius 1 is 1.00 bits per heavy atom. The Morgan fingerprint density at radius 3 is 2.40 bits per heavy atom. The number of aliphatic hydroxyl groups is 1. The van der Waals surface area contributed by atoms with Crippen molar-refractivity contribution in [2.24, 2.45) is 56.7 Å². The van der Waals surface area contributed by atoms with Gasteiger partial charge in [-0.25, -0.2) is 0 Å². The van der Waals surface area contributed by atoms with Crippen LogP contribution in [0.25, 0.3) is 0 Å². The molecule has 2 saturated heterocycles. The molecule has 6 fully saturated rings. The van der Waals surface area contributed by atoms with E-state index in [1.165, 1.54) is 12.8 Å². The maximum Gasteiger partial charge on any atom is 0.312 e. The quantitative estimate of drug-likeness (QED) is 0.340. The van der Waals surface area contributed by atoms with Gasteiger partial charge in [0.2, 0.25) is 0 Å². The first-order valence-corrected chi connectivity index (χ1v) is 14.5. The average molecular weight is 485 g/mol. The van der Waals surface area contributed by atoms with Gasteiger partial charge in [0.15, 0.2) is 5.79 Å². The van der Waals surface area contributed by atoms with Crippen LogP contribution in [0.5, 0.6) is 0 Å². The van der Waals surface area contributed by atoms with E-state index in [-0.39, 0.29) is 33.0 Å². The van der Waals surface area contributed by atoms with Crippen LogP contribution in [0, 0.1) is 56.7 Å². The van der Waals surface area contributed by atoms with Crippen LogP contribution < -0.4 is 0 Å². The van der Waals surface area contributed by atoms with Gasteiger partial charge in [-0.05, 0) is 91.8 Å². The number of allylic oxidation sites excluding steroid dienone is 2. The highest BCUT2D eigenvalue weighted by Gasteiger charge is 2.74. The monoisotopic (exact) mass is 484 g/mol. The van der Waals surface area contributed by atoms with Crippen LogP contribution in [-0.4, -0.2) is 30.6 Å². The summed E-state index contributed by atoms with van der Waals surface area (Å²) in [6, 6.07) is 0. The lowest BCUT2D eigenvalue weighted by Gasteiger charge is -2.74. The molecule has 5 aliphatic carbocycles. The number of fused-ring (bicyclic) bond motifs is 7. The van der Waals surface area contributed by atoms with E-state index in [0.717, 1.165) is 44.9 Å². The van der Waals surface area contributed by atoms with E-state index >= 15 is 0 Å². The summed E-state index contributed by atoms with van der Waals surface area (Å²) in [5.41, 5.74) is 1.46. The molecule has 0 aromatic rings. The number of rotatable bonds is 1. The lowest BCUT2D eigenvalue weighted by atomic mass is 9.32. The SMILES string of the molecule is COC(=O)C12CCC(C)C(C)C1C1=CCC3C45CCC(O)(OC4)C(C)(C)C5CCC3(C)C1(C)CC2. The van der Waals surface area contributed by atoms with Gasteiger partial charge in [-0.2, -0.15) is 0 Å². The van der Waals surface area contributed by atoms with Gasteiger partial charge >= 0.3 is 5.97 Å². The van der Waals surface area contributed by atoms with E-state index in [1.807, 2.05) is 0 Å². The number of hydrogen-bond acceptors (Lipinski definition) is 4. The van der Waals surface area contributed by atoms with Crippen molar-refractivity contribution >= 4 is 5.97 Å². The van der Waals surface area contributed by atoms with Crippen LogP contribution in [-0.2, 0) is 14.3 Å². The molecular weight excluding hydrogens is 436 g/mol. The summed E-state index contributed by atoms with van der Waals surface area (Å²) in [5, 5.41) is 11.4. The minimum atomic E-state index is -0.967. The lowest BCUT2D eigenvalue weighted by Crippen LogP contribution is -2.73. The minimum absolute atomic E-state index is 0.0350. The summed E-state index contributed by atoms with van der Waals surface area (Å²) in [5.74, 6) is 1.55. The Hall–Kier alpha value is -0.870. The highest BCUT2D eigenvalue weighted by molar-refractivity contribution is 5.78. The molecule has 2 bridgehead atoms. The molecule has 0 amide bonds. The number of carbonyl (C=O) groups excluding carboxylic acids is 1. The second-order valence-corrected chi connectivity index (χ2v) is 14.8. The maximum absolute atomic E-state index is 13.4. The molecule has 0 aromatic heterocycles. The fraction of sp³-hybridized carbons (Fsp3) is 0.903. The Balaban J connectivity index is 1.47. The fourth-order valence-electron chi connectivity index (χ4n) is 11.5. The first kappa shape index (κ1) is 24.5. The molecule has 1 spiro atoms. The van der Waals surface area contributed by atoms with Crippen molar-refractivity contribution in [1.29, 1.82) is 0 Å². The summed E-state index contributed by atoms with van der Waals surface area (Å²) in [7, 11) is 1.59. The molecule has 2 heterocycles. The number of methoxy groups -OCH3 is 1. The lowest BCUT2D eigenvalue weighted by molar-refractivity contribution is -0.395. The largest absolute Gasteiger partial charge is 0.469 e. The van der Waals surface area contributed by atoms with Crippen LogP contribution in [0.3, 0.4) is 0 Å². The Labute approximate surface area is 212 Å². The van der Waals surface area contributed by atoms with Crippen molar-refractivity contribution < 1.29 is 19.4 Å². The van der Waals surface area contributed by atoms with Crippen molar-refractivity contribution in [2.75, 3.05) is 13.7 Å². The minimum Gasteiger partial charge on any atom is -0.469 e. The first-order valence-electron chi connectivity index (χ1n) is 14.5.